The van der Waals surface area contributed by atoms with Crippen molar-refractivity contribution in [3.63, 3.8) is 0 Å². The first-order valence-corrected chi connectivity index (χ1v) is 7.01. The summed E-state index contributed by atoms with van der Waals surface area (Å²) in [6.45, 7) is 1.32. The minimum absolute atomic E-state index is 0.0304. The number of amides is 1. The van der Waals surface area contributed by atoms with Crippen molar-refractivity contribution in [2.24, 2.45) is 5.92 Å². The van der Waals surface area contributed by atoms with E-state index >= 15 is 0 Å². The number of benzene rings is 1. The van der Waals surface area contributed by atoms with Crippen LogP contribution in [0.15, 0.2) is 18.2 Å². The monoisotopic (exact) mass is 262 g/mol. The minimum atomic E-state index is -0.197. The second-order valence-electron chi connectivity index (χ2n) is 5.58. The zero-order chi connectivity index (χ0) is 13.2. The molecule has 1 amide bonds. The van der Waals surface area contributed by atoms with Crippen molar-refractivity contribution in [2.45, 2.75) is 31.7 Å². The highest BCUT2D eigenvalue weighted by atomic mass is 19.1. The van der Waals surface area contributed by atoms with E-state index in [-0.39, 0.29) is 17.8 Å². The first-order valence-electron chi connectivity index (χ1n) is 7.01. The average Bonchev–Trinajstić information content (AvgIpc) is 3.12. The molecule has 2 aliphatic rings. The van der Waals surface area contributed by atoms with Gasteiger partial charge in [-0.25, -0.2) is 4.39 Å². The van der Waals surface area contributed by atoms with E-state index in [1.807, 2.05) is 0 Å². The first kappa shape index (κ1) is 12.6. The maximum absolute atomic E-state index is 13.1. The Hall–Kier alpha value is -1.42. The lowest BCUT2D eigenvalue weighted by molar-refractivity contribution is -0.121. The van der Waals surface area contributed by atoms with Crippen LogP contribution in [0.2, 0.25) is 0 Å². The number of carbonyl (C=O) groups is 1. The zero-order valence-corrected chi connectivity index (χ0v) is 10.9. The van der Waals surface area contributed by atoms with Gasteiger partial charge in [0, 0.05) is 0 Å². The lowest BCUT2D eigenvalue weighted by Crippen LogP contribution is -2.36. The summed E-state index contributed by atoms with van der Waals surface area (Å²) in [4.78, 5) is 11.8. The van der Waals surface area contributed by atoms with E-state index in [0.717, 1.165) is 36.4 Å². The molecular formula is C15H19FN2O. The molecule has 1 unspecified atom stereocenters. The Balaban J connectivity index is 1.52. The van der Waals surface area contributed by atoms with Crippen LogP contribution in [0.4, 0.5) is 4.39 Å². The van der Waals surface area contributed by atoms with Gasteiger partial charge in [-0.05, 0) is 61.4 Å². The van der Waals surface area contributed by atoms with Crippen molar-refractivity contribution in [3.05, 3.63) is 35.1 Å². The third kappa shape index (κ3) is 3.13. The van der Waals surface area contributed by atoms with E-state index in [2.05, 4.69) is 10.6 Å². The molecule has 1 fully saturated rings. The molecule has 102 valence electrons. The predicted octanol–water partition coefficient (Wildman–Crippen LogP) is 1.93. The largest absolute Gasteiger partial charge is 0.348 e. The van der Waals surface area contributed by atoms with Crippen LogP contribution in [0, 0.1) is 11.7 Å². The maximum atomic E-state index is 13.1. The van der Waals surface area contributed by atoms with Gasteiger partial charge in [0.2, 0.25) is 5.91 Å². The van der Waals surface area contributed by atoms with E-state index in [1.165, 1.54) is 18.9 Å². The molecule has 1 saturated carbocycles. The van der Waals surface area contributed by atoms with Gasteiger partial charge in [0.15, 0.2) is 0 Å². The standard InChI is InChI=1S/C15H19FN2O/c16-12-4-5-13-11(7-12)3-6-14(13)18-15(19)9-17-8-10-1-2-10/h4-5,7,10,14,17H,1-3,6,8-9H2,(H,18,19). The van der Waals surface area contributed by atoms with Crippen LogP contribution in [0.3, 0.4) is 0 Å². The predicted molar refractivity (Wildman–Crippen MR) is 71.2 cm³/mol. The minimum Gasteiger partial charge on any atom is -0.348 e. The number of carbonyl (C=O) groups excluding carboxylic acids is 1. The van der Waals surface area contributed by atoms with Gasteiger partial charge in [-0.15, -0.1) is 0 Å². The van der Waals surface area contributed by atoms with Crippen LogP contribution in [0.5, 0.6) is 0 Å². The smallest absolute Gasteiger partial charge is 0.234 e. The SMILES string of the molecule is O=C(CNCC1CC1)NC1CCc2cc(F)ccc21. The molecule has 4 heteroatoms. The van der Waals surface area contributed by atoms with Crippen molar-refractivity contribution >= 4 is 5.91 Å². The van der Waals surface area contributed by atoms with Crippen molar-refractivity contribution in [1.29, 1.82) is 0 Å². The van der Waals surface area contributed by atoms with Crippen LogP contribution in [-0.2, 0) is 11.2 Å². The van der Waals surface area contributed by atoms with Crippen LogP contribution in [-0.4, -0.2) is 19.0 Å². The van der Waals surface area contributed by atoms with Crippen LogP contribution >= 0.6 is 0 Å². The van der Waals surface area contributed by atoms with Crippen LogP contribution < -0.4 is 10.6 Å². The molecule has 1 atom stereocenters. The van der Waals surface area contributed by atoms with Gasteiger partial charge < -0.3 is 10.6 Å². The highest BCUT2D eigenvalue weighted by Gasteiger charge is 2.24. The Morgan fingerprint density at radius 1 is 1.32 bits per heavy atom. The molecule has 1 aromatic carbocycles. The number of rotatable bonds is 5. The molecule has 0 aliphatic heterocycles. The van der Waals surface area contributed by atoms with Gasteiger partial charge in [-0.3, -0.25) is 4.79 Å². The Bertz CT molecular complexity index is 485. The fourth-order valence-corrected chi connectivity index (χ4v) is 2.69. The van der Waals surface area contributed by atoms with Crippen LogP contribution in [0.1, 0.15) is 36.4 Å². The van der Waals surface area contributed by atoms with Crippen molar-refractivity contribution in [1.82, 2.24) is 10.6 Å². The van der Waals surface area contributed by atoms with Gasteiger partial charge in [0.1, 0.15) is 5.82 Å². The summed E-state index contributed by atoms with van der Waals surface area (Å²) in [6, 6.07) is 4.88. The van der Waals surface area contributed by atoms with Crippen molar-refractivity contribution < 1.29 is 9.18 Å². The lowest BCUT2D eigenvalue weighted by atomic mass is 10.1. The topological polar surface area (TPSA) is 41.1 Å². The fraction of sp³-hybridized carbons (Fsp3) is 0.533. The average molecular weight is 262 g/mol. The van der Waals surface area contributed by atoms with E-state index in [4.69, 9.17) is 0 Å². The van der Waals surface area contributed by atoms with Crippen molar-refractivity contribution in [2.75, 3.05) is 13.1 Å². The number of fused-ring (bicyclic) bond motifs is 1. The number of halogens is 1. The molecule has 0 aromatic heterocycles. The number of hydrogen-bond donors (Lipinski definition) is 2. The molecule has 19 heavy (non-hydrogen) atoms. The molecule has 0 saturated heterocycles. The summed E-state index contributed by atoms with van der Waals surface area (Å²) in [6.07, 6.45) is 4.28. The van der Waals surface area contributed by atoms with Crippen molar-refractivity contribution in [3.8, 4) is 0 Å². The molecule has 2 N–H and O–H groups in total. The summed E-state index contributed by atoms with van der Waals surface area (Å²) in [5.41, 5.74) is 2.09. The molecule has 2 aliphatic carbocycles. The van der Waals surface area contributed by atoms with Gasteiger partial charge >= 0.3 is 0 Å². The molecule has 3 rings (SSSR count). The summed E-state index contributed by atoms with van der Waals surface area (Å²) >= 11 is 0. The molecule has 0 spiro atoms. The van der Waals surface area contributed by atoms with Crippen LogP contribution in [0.25, 0.3) is 0 Å². The molecule has 0 heterocycles. The quantitative estimate of drug-likeness (QED) is 0.851. The molecular weight excluding hydrogens is 243 g/mol. The van der Waals surface area contributed by atoms with E-state index in [0.29, 0.717) is 6.54 Å². The second-order valence-corrected chi connectivity index (χ2v) is 5.58. The van der Waals surface area contributed by atoms with Gasteiger partial charge in [0.25, 0.3) is 0 Å². The van der Waals surface area contributed by atoms with Gasteiger partial charge in [-0.2, -0.15) is 0 Å². The Labute approximate surface area is 112 Å². The highest BCUT2D eigenvalue weighted by Crippen LogP contribution is 2.31. The Morgan fingerprint density at radius 2 is 2.16 bits per heavy atom. The molecule has 0 bridgehead atoms. The molecule has 1 aromatic rings. The number of aryl methyl sites for hydroxylation is 1. The number of nitrogens with one attached hydrogen (secondary N) is 2. The second kappa shape index (κ2) is 5.29. The highest BCUT2D eigenvalue weighted by molar-refractivity contribution is 5.78. The van der Waals surface area contributed by atoms with E-state index < -0.39 is 0 Å². The summed E-state index contributed by atoms with van der Waals surface area (Å²) in [5.74, 6) is 0.614. The van der Waals surface area contributed by atoms with E-state index in [9.17, 15) is 9.18 Å². The lowest BCUT2D eigenvalue weighted by Gasteiger charge is -2.14. The van der Waals surface area contributed by atoms with E-state index in [1.54, 1.807) is 12.1 Å². The Morgan fingerprint density at radius 3 is 2.95 bits per heavy atom. The van der Waals surface area contributed by atoms with Gasteiger partial charge in [-0.1, -0.05) is 6.07 Å². The zero-order valence-electron chi connectivity index (χ0n) is 10.9. The Kier molecular flexibility index (Phi) is 3.51. The fourth-order valence-electron chi connectivity index (χ4n) is 2.69. The van der Waals surface area contributed by atoms with Gasteiger partial charge in [0.05, 0.1) is 12.6 Å². The summed E-state index contributed by atoms with van der Waals surface area (Å²) < 4.78 is 13.1. The molecule has 3 nitrogen and oxygen atoms in total. The number of hydrogen-bond acceptors (Lipinski definition) is 2. The third-order valence-electron chi connectivity index (χ3n) is 3.93. The third-order valence-corrected chi connectivity index (χ3v) is 3.93. The summed E-state index contributed by atoms with van der Waals surface area (Å²) in [5, 5.41) is 6.21. The molecule has 0 radical (unpaired) electrons. The first-order chi connectivity index (χ1) is 9.22. The summed E-state index contributed by atoms with van der Waals surface area (Å²) in [7, 11) is 0. The maximum Gasteiger partial charge on any atom is 0.234 e. The normalized spacial score (nSPS) is 21.2.